The molecule has 2 aromatic carbocycles. The van der Waals surface area contributed by atoms with Gasteiger partial charge in [0.1, 0.15) is 0 Å². The topological polar surface area (TPSA) is 63.7 Å². The van der Waals surface area contributed by atoms with Crippen molar-refractivity contribution in [2.24, 2.45) is 0 Å². The van der Waals surface area contributed by atoms with E-state index in [1.165, 1.54) is 6.92 Å². The number of carbonyl (C=O) groups is 3. The van der Waals surface area contributed by atoms with Crippen LogP contribution in [0.25, 0.3) is 0 Å². The van der Waals surface area contributed by atoms with Gasteiger partial charge in [-0.05, 0) is 56.2 Å². The third-order valence-electron chi connectivity index (χ3n) is 4.55. The Labute approximate surface area is 152 Å². The lowest BCUT2D eigenvalue weighted by molar-refractivity contribution is -0.116. The molecular formula is C21H21NO4. The highest BCUT2D eigenvalue weighted by molar-refractivity contribution is 6.02. The van der Waals surface area contributed by atoms with E-state index in [0.717, 1.165) is 16.8 Å². The molecule has 5 nitrogen and oxygen atoms in total. The van der Waals surface area contributed by atoms with Crippen molar-refractivity contribution in [1.82, 2.24) is 0 Å². The van der Waals surface area contributed by atoms with Crippen molar-refractivity contribution in [2.45, 2.75) is 33.3 Å². The number of aryl methyl sites for hydroxylation is 1. The number of rotatable bonds is 4. The zero-order valence-electron chi connectivity index (χ0n) is 15.1. The van der Waals surface area contributed by atoms with E-state index in [4.69, 9.17) is 4.74 Å². The first kappa shape index (κ1) is 17.9. The maximum Gasteiger partial charge on any atom is 0.338 e. The molecule has 0 aromatic heterocycles. The third-order valence-corrected chi connectivity index (χ3v) is 4.55. The Morgan fingerprint density at radius 1 is 1.08 bits per heavy atom. The van der Waals surface area contributed by atoms with Crippen molar-refractivity contribution in [1.29, 1.82) is 0 Å². The number of Topliss-reactive ketones (excluding diaryl/α,β-unsaturated/α-hetero) is 1. The number of hydrogen-bond acceptors (Lipinski definition) is 4. The highest BCUT2D eigenvalue weighted by Gasteiger charge is 2.25. The average Bonchev–Trinajstić information content (AvgIpc) is 3.04. The number of ether oxygens (including phenoxy) is 1. The fraction of sp³-hybridized carbons (Fsp3) is 0.286. The van der Waals surface area contributed by atoms with Crippen molar-refractivity contribution >= 4 is 23.3 Å². The van der Waals surface area contributed by atoms with Gasteiger partial charge in [-0.1, -0.05) is 17.7 Å². The van der Waals surface area contributed by atoms with Crippen molar-refractivity contribution in [3.8, 4) is 0 Å². The van der Waals surface area contributed by atoms with Crippen LogP contribution >= 0.6 is 0 Å². The first-order valence-corrected chi connectivity index (χ1v) is 8.59. The van der Waals surface area contributed by atoms with E-state index in [2.05, 4.69) is 0 Å². The van der Waals surface area contributed by atoms with Gasteiger partial charge in [-0.3, -0.25) is 9.59 Å². The number of nitrogens with zero attached hydrogens (tertiary/aromatic N) is 1. The molecule has 0 aliphatic carbocycles. The summed E-state index contributed by atoms with van der Waals surface area (Å²) in [6.07, 6.45) is -0.167. The molecule has 1 unspecified atom stereocenters. The van der Waals surface area contributed by atoms with E-state index in [-0.39, 0.29) is 11.7 Å². The van der Waals surface area contributed by atoms with Crippen LogP contribution in [0.4, 0.5) is 5.69 Å². The summed E-state index contributed by atoms with van der Waals surface area (Å²) in [5, 5.41) is 0. The zero-order valence-corrected chi connectivity index (χ0v) is 15.1. The molecule has 1 amide bonds. The van der Waals surface area contributed by atoms with E-state index in [1.54, 1.807) is 48.2 Å². The molecule has 0 saturated carbocycles. The van der Waals surface area contributed by atoms with Crippen LogP contribution in [0, 0.1) is 6.92 Å². The lowest BCUT2D eigenvalue weighted by Crippen LogP contribution is -2.26. The molecule has 2 aromatic rings. The Kier molecular flexibility index (Phi) is 4.89. The SMILES string of the molecule is CC(=O)N1CCc2cc(C(=O)C(C)OC(=O)c3cccc(C)c3)ccc21. The van der Waals surface area contributed by atoms with Gasteiger partial charge in [-0.15, -0.1) is 0 Å². The van der Waals surface area contributed by atoms with Crippen LogP contribution in [0.5, 0.6) is 0 Å². The molecule has 1 aliphatic rings. The molecule has 1 aliphatic heterocycles. The predicted octanol–water partition coefficient (Wildman–Crippen LogP) is 3.33. The fourth-order valence-corrected chi connectivity index (χ4v) is 3.17. The molecule has 134 valence electrons. The second-order valence-electron chi connectivity index (χ2n) is 6.55. The van der Waals surface area contributed by atoms with Gasteiger partial charge in [-0.2, -0.15) is 0 Å². The largest absolute Gasteiger partial charge is 0.451 e. The Bertz CT molecular complexity index is 887. The highest BCUT2D eigenvalue weighted by atomic mass is 16.5. The molecule has 1 atom stereocenters. The zero-order chi connectivity index (χ0) is 18.8. The Morgan fingerprint density at radius 3 is 2.54 bits per heavy atom. The molecule has 0 bridgehead atoms. The minimum absolute atomic E-state index is 0.0109. The van der Waals surface area contributed by atoms with Crippen LogP contribution in [0.1, 0.15) is 45.7 Å². The van der Waals surface area contributed by atoms with Crippen molar-refractivity contribution in [3.63, 3.8) is 0 Å². The number of carbonyl (C=O) groups excluding carboxylic acids is 3. The minimum atomic E-state index is -0.883. The molecule has 26 heavy (non-hydrogen) atoms. The summed E-state index contributed by atoms with van der Waals surface area (Å²) in [7, 11) is 0. The Balaban J connectivity index is 1.73. The van der Waals surface area contributed by atoms with Gasteiger partial charge in [0.25, 0.3) is 0 Å². The predicted molar refractivity (Wildman–Crippen MR) is 98.6 cm³/mol. The van der Waals surface area contributed by atoms with Gasteiger partial charge in [0.15, 0.2) is 6.10 Å². The number of hydrogen-bond donors (Lipinski definition) is 0. The van der Waals surface area contributed by atoms with E-state index >= 15 is 0 Å². The van der Waals surface area contributed by atoms with Crippen LogP contribution in [0.15, 0.2) is 42.5 Å². The van der Waals surface area contributed by atoms with Gasteiger partial charge >= 0.3 is 5.97 Å². The maximum atomic E-state index is 12.6. The number of ketones is 1. The molecule has 1 heterocycles. The van der Waals surface area contributed by atoms with E-state index in [9.17, 15) is 14.4 Å². The van der Waals surface area contributed by atoms with Crippen LogP contribution in [0.2, 0.25) is 0 Å². The first-order valence-electron chi connectivity index (χ1n) is 8.59. The summed E-state index contributed by atoms with van der Waals surface area (Å²) in [6.45, 7) is 5.62. The summed E-state index contributed by atoms with van der Waals surface area (Å²) in [5.74, 6) is -0.781. The molecule has 0 saturated heterocycles. The molecule has 0 fully saturated rings. The summed E-state index contributed by atoms with van der Waals surface area (Å²) in [6, 6.07) is 12.3. The first-order chi connectivity index (χ1) is 12.4. The standard InChI is InChI=1S/C21H21NO4/c1-13-5-4-6-18(11-13)21(25)26-14(2)20(24)17-7-8-19-16(12-17)9-10-22(19)15(3)23/h4-8,11-12,14H,9-10H2,1-3H3. The summed E-state index contributed by atoms with van der Waals surface area (Å²) < 4.78 is 5.33. The van der Waals surface area contributed by atoms with Crippen LogP contribution in [-0.4, -0.2) is 30.3 Å². The summed E-state index contributed by atoms with van der Waals surface area (Å²) >= 11 is 0. The van der Waals surface area contributed by atoms with Crippen LogP contribution < -0.4 is 4.90 Å². The van der Waals surface area contributed by atoms with Crippen LogP contribution in [0.3, 0.4) is 0 Å². The Morgan fingerprint density at radius 2 is 1.85 bits per heavy atom. The average molecular weight is 351 g/mol. The van der Waals surface area contributed by atoms with Gasteiger partial charge in [0.05, 0.1) is 5.56 Å². The maximum absolute atomic E-state index is 12.6. The highest BCUT2D eigenvalue weighted by Crippen LogP contribution is 2.29. The molecule has 0 spiro atoms. The number of anilines is 1. The lowest BCUT2D eigenvalue weighted by atomic mass is 10.0. The van der Waals surface area contributed by atoms with Gasteiger partial charge in [0, 0.05) is 24.7 Å². The third kappa shape index (κ3) is 3.52. The van der Waals surface area contributed by atoms with E-state index in [1.807, 2.05) is 13.0 Å². The number of fused-ring (bicyclic) bond motifs is 1. The number of esters is 1. The van der Waals surface area contributed by atoms with Crippen molar-refractivity contribution in [3.05, 3.63) is 64.7 Å². The monoisotopic (exact) mass is 351 g/mol. The Hall–Kier alpha value is -2.95. The summed E-state index contributed by atoms with van der Waals surface area (Å²) in [5.41, 5.74) is 3.67. The quantitative estimate of drug-likeness (QED) is 0.626. The molecular weight excluding hydrogens is 330 g/mol. The van der Waals surface area contributed by atoms with Crippen molar-refractivity contribution < 1.29 is 19.1 Å². The molecule has 3 rings (SSSR count). The summed E-state index contributed by atoms with van der Waals surface area (Å²) in [4.78, 5) is 38.2. The molecule has 5 heteroatoms. The van der Waals surface area contributed by atoms with E-state index in [0.29, 0.717) is 24.1 Å². The molecule has 0 radical (unpaired) electrons. The van der Waals surface area contributed by atoms with Gasteiger partial charge < -0.3 is 9.64 Å². The molecule has 0 N–H and O–H groups in total. The second kappa shape index (κ2) is 7.12. The fourth-order valence-electron chi connectivity index (χ4n) is 3.17. The van der Waals surface area contributed by atoms with Crippen molar-refractivity contribution in [2.75, 3.05) is 11.4 Å². The second-order valence-corrected chi connectivity index (χ2v) is 6.55. The van der Waals surface area contributed by atoms with E-state index < -0.39 is 12.1 Å². The smallest absolute Gasteiger partial charge is 0.338 e. The normalized spacial score (nSPS) is 13.9. The number of benzene rings is 2. The van der Waals surface area contributed by atoms with Gasteiger partial charge in [-0.25, -0.2) is 4.79 Å². The van der Waals surface area contributed by atoms with Gasteiger partial charge in [0.2, 0.25) is 11.7 Å². The lowest BCUT2D eigenvalue weighted by Gasteiger charge is -2.16. The number of amides is 1. The minimum Gasteiger partial charge on any atom is -0.451 e. The van der Waals surface area contributed by atoms with Crippen LogP contribution in [-0.2, 0) is 16.0 Å².